The van der Waals surface area contributed by atoms with Crippen LogP contribution < -0.4 is 10.2 Å². The monoisotopic (exact) mass is 573 g/mol. The van der Waals surface area contributed by atoms with Crippen LogP contribution in [0.1, 0.15) is 34.8 Å². The van der Waals surface area contributed by atoms with Gasteiger partial charge in [0.15, 0.2) is 0 Å². The zero-order chi connectivity index (χ0) is 28.2. The van der Waals surface area contributed by atoms with Gasteiger partial charge in [0, 0.05) is 30.5 Å². The molecule has 0 unspecified atom stereocenters. The van der Waals surface area contributed by atoms with Crippen molar-refractivity contribution in [3.8, 4) is 0 Å². The average molecular weight is 575 g/mol. The van der Waals surface area contributed by atoms with Gasteiger partial charge in [-0.15, -0.1) is 0 Å². The molecule has 0 saturated heterocycles. The fraction of sp³-hybridized carbons (Fsp3) is 0.219. The Labute approximate surface area is 243 Å². The van der Waals surface area contributed by atoms with Gasteiger partial charge in [0.05, 0.1) is 15.7 Å². The first-order valence-corrected chi connectivity index (χ1v) is 14.0. The number of nitrogens with zero attached hydrogens (tertiary/aromatic N) is 2. The van der Waals surface area contributed by atoms with Gasteiger partial charge in [-0.1, -0.05) is 90.8 Å². The van der Waals surface area contributed by atoms with Crippen LogP contribution >= 0.6 is 23.2 Å². The van der Waals surface area contributed by atoms with E-state index in [1.54, 1.807) is 29.2 Å². The van der Waals surface area contributed by atoms with E-state index in [9.17, 15) is 14.4 Å². The minimum atomic E-state index is -0.813. The molecule has 4 aromatic rings. The number of carbonyl (C=O) groups excluding carboxylic acids is 3. The number of benzene rings is 4. The lowest BCUT2D eigenvalue weighted by Gasteiger charge is -2.33. The molecule has 1 aliphatic rings. The molecule has 40 heavy (non-hydrogen) atoms. The fourth-order valence-corrected chi connectivity index (χ4v) is 5.44. The molecule has 3 amide bonds. The smallest absolute Gasteiger partial charge is 0.259 e. The van der Waals surface area contributed by atoms with Crippen LogP contribution in [0, 0.1) is 0 Å². The van der Waals surface area contributed by atoms with Gasteiger partial charge >= 0.3 is 0 Å². The van der Waals surface area contributed by atoms with Gasteiger partial charge in [-0.3, -0.25) is 19.3 Å². The number of carbonyl (C=O) groups is 3. The molecular formula is C32H29Cl2N3O3. The third-order valence-corrected chi connectivity index (χ3v) is 7.84. The van der Waals surface area contributed by atoms with Crippen LogP contribution in [0.15, 0.2) is 84.9 Å². The van der Waals surface area contributed by atoms with E-state index < -0.39 is 6.04 Å². The lowest BCUT2D eigenvalue weighted by atomic mass is 10.0. The molecule has 1 atom stereocenters. The van der Waals surface area contributed by atoms with Crippen molar-refractivity contribution in [1.82, 2.24) is 10.2 Å². The molecule has 0 saturated carbocycles. The second-order valence-electron chi connectivity index (χ2n) is 9.84. The lowest BCUT2D eigenvalue weighted by molar-refractivity contribution is -0.140. The number of amides is 3. The van der Waals surface area contributed by atoms with E-state index in [1.807, 2.05) is 67.6 Å². The SMILES string of the molecule is CCCNC(=O)[C@@H](Cc1ccccc1)N(Cc1ccc(Cl)c(Cl)c1)C(=O)CN1C(=O)c2cccc3cccc1c23. The molecule has 8 heteroatoms. The van der Waals surface area contributed by atoms with Gasteiger partial charge in [0.2, 0.25) is 11.8 Å². The summed E-state index contributed by atoms with van der Waals surface area (Å²) >= 11 is 12.5. The number of halogens is 2. The highest BCUT2D eigenvalue weighted by atomic mass is 35.5. The second-order valence-corrected chi connectivity index (χ2v) is 10.7. The van der Waals surface area contributed by atoms with E-state index in [0.717, 1.165) is 28.3 Å². The van der Waals surface area contributed by atoms with E-state index >= 15 is 0 Å². The molecular weight excluding hydrogens is 545 g/mol. The summed E-state index contributed by atoms with van der Waals surface area (Å²) < 4.78 is 0. The Morgan fingerprint density at radius 2 is 1.65 bits per heavy atom. The predicted molar refractivity (Wildman–Crippen MR) is 160 cm³/mol. The second kappa shape index (κ2) is 12.1. The number of rotatable bonds is 10. The van der Waals surface area contributed by atoms with Crippen molar-refractivity contribution < 1.29 is 14.4 Å². The molecule has 1 N–H and O–H groups in total. The Balaban J connectivity index is 1.51. The predicted octanol–water partition coefficient (Wildman–Crippen LogP) is 6.27. The molecule has 4 aromatic carbocycles. The van der Waals surface area contributed by atoms with Crippen molar-refractivity contribution in [2.75, 3.05) is 18.0 Å². The van der Waals surface area contributed by atoms with Gasteiger partial charge in [0.1, 0.15) is 12.6 Å². The van der Waals surface area contributed by atoms with Gasteiger partial charge in [-0.05, 0) is 47.2 Å². The maximum Gasteiger partial charge on any atom is 0.259 e. The Hall–Kier alpha value is -3.87. The topological polar surface area (TPSA) is 69.7 Å². The summed E-state index contributed by atoms with van der Waals surface area (Å²) in [6.45, 7) is 2.37. The van der Waals surface area contributed by atoms with Gasteiger partial charge in [0.25, 0.3) is 5.91 Å². The van der Waals surface area contributed by atoms with Crippen molar-refractivity contribution in [2.24, 2.45) is 0 Å². The molecule has 0 spiro atoms. The highest BCUT2D eigenvalue weighted by Crippen LogP contribution is 2.37. The zero-order valence-electron chi connectivity index (χ0n) is 22.1. The van der Waals surface area contributed by atoms with Gasteiger partial charge in [-0.2, -0.15) is 0 Å². The summed E-state index contributed by atoms with van der Waals surface area (Å²) in [4.78, 5) is 44.2. The molecule has 0 aliphatic carbocycles. The highest BCUT2D eigenvalue weighted by Gasteiger charge is 2.35. The van der Waals surface area contributed by atoms with Crippen LogP contribution in [-0.2, 0) is 22.6 Å². The van der Waals surface area contributed by atoms with Crippen LogP contribution in [0.3, 0.4) is 0 Å². The first kappa shape index (κ1) is 27.7. The number of anilines is 1. The van der Waals surface area contributed by atoms with E-state index in [1.165, 1.54) is 4.90 Å². The van der Waals surface area contributed by atoms with E-state index in [4.69, 9.17) is 23.2 Å². The summed E-state index contributed by atoms with van der Waals surface area (Å²) in [5.74, 6) is -0.834. The molecule has 5 rings (SSSR count). The maximum absolute atomic E-state index is 14.2. The zero-order valence-corrected chi connectivity index (χ0v) is 23.6. The van der Waals surface area contributed by atoms with Crippen molar-refractivity contribution in [3.05, 3.63) is 112 Å². The first-order chi connectivity index (χ1) is 19.4. The highest BCUT2D eigenvalue weighted by molar-refractivity contribution is 6.42. The van der Waals surface area contributed by atoms with Crippen LogP contribution in [0.2, 0.25) is 10.0 Å². The van der Waals surface area contributed by atoms with Crippen molar-refractivity contribution in [3.63, 3.8) is 0 Å². The quantitative estimate of drug-likeness (QED) is 0.243. The van der Waals surface area contributed by atoms with Crippen LogP contribution in [0.25, 0.3) is 10.8 Å². The van der Waals surface area contributed by atoms with Crippen molar-refractivity contribution in [2.45, 2.75) is 32.4 Å². The number of hydrogen-bond acceptors (Lipinski definition) is 3. The molecule has 0 bridgehead atoms. The van der Waals surface area contributed by atoms with Crippen LogP contribution in [0.4, 0.5) is 5.69 Å². The third-order valence-electron chi connectivity index (χ3n) is 7.10. The minimum Gasteiger partial charge on any atom is -0.354 e. The van der Waals surface area contributed by atoms with Crippen molar-refractivity contribution in [1.29, 1.82) is 0 Å². The molecule has 0 aromatic heterocycles. The minimum absolute atomic E-state index is 0.117. The molecule has 1 heterocycles. The van der Waals surface area contributed by atoms with Crippen LogP contribution in [-0.4, -0.2) is 41.8 Å². The molecule has 6 nitrogen and oxygen atoms in total. The third kappa shape index (κ3) is 5.69. The summed E-state index contributed by atoms with van der Waals surface area (Å²) in [5, 5.41) is 5.50. The Bertz CT molecular complexity index is 1570. The molecule has 0 radical (unpaired) electrons. The van der Waals surface area contributed by atoms with E-state index in [0.29, 0.717) is 34.3 Å². The largest absolute Gasteiger partial charge is 0.354 e. The van der Waals surface area contributed by atoms with Gasteiger partial charge in [-0.25, -0.2) is 0 Å². The maximum atomic E-state index is 14.2. The number of hydrogen-bond donors (Lipinski definition) is 1. The van der Waals surface area contributed by atoms with Crippen molar-refractivity contribution >= 4 is 57.4 Å². The summed E-state index contributed by atoms with van der Waals surface area (Å²) in [6, 6.07) is 25.2. The van der Waals surface area contributed by atoms with E-state index in [-0.39, 0.29) is 30.8 Å². The number of nitrogens with one attached hydrogen (secondary N) is 1. The summed E-state index contributed by atoms with van der Waals surface area (Å²) in [7, 11) is 0. The Morgan fingerprint density at radius 1 is 0.900 bits per heavy atom. The summed E-state index contributed by atoms with van der Waals surface area (Å²) in [6.07, 6.45) is 1.07. The fourth-order valence-electron chi connectivity index (χ4n) is 5.12. The summed E-state index contributed by atoms with van der Waals surface area (Å²) in [5.41, 5.74) is 2.90. The molecule has 0 fully saturated rings. The Kier molecular flexibility index (Phi) is 8.38. The first-order valence-electron chi connectivity index (χ1n) is 13.3. The van der Waals surface area contributed by atoms with E-state index in [2.05, 4.69) is 5.32 Å². The molecule has 204 valence electrons. The normalized spacial score (nSPS) is 13.0. The Morgan fingerprint density at radius 3 is 2.38 bits per heavy atom. The molecule has 1 aliphatic heterocycles. The average Bonchev–Trinajstić information content (AvgIpc) is 3.23. The lowest BCUT2D eigenvalue weighted by Crippen LogP contribution is -2.53. The van der Waals surface area contributed by atoms with Gasteiger partial charge < -0.3 is 10.2 Å². The van der Waals surface area contributed by atoms with Crippen LogP contribution in [0.5, 0.6) is 0 Å². The standard InChI is InChI=1S/C32H29Cl2N3O3/c1-2-16-35-31(39)28(18-21-8-4-3-5-9-21)36(19-22-14-15-25(33)26(34)17-22)29(38)20-37-27-13-7-11-23-10-6-12-24(30(23)27)32(37)40/h3-15,17,28H,2,16,18-20H2,1H3,(H,35,39)/t28-/m1/s1.